The minimum Gasteiger partial charge on any atom is -0.388 e. The van der Waals surface area contributed by atoms with E-state index >= 15 is 0 Å². The van der Waals surface area contributed by atoms with Gasteiger partial charge in [-0.2, -0.15) is 0 Å². The number of hydrogen-bond acceptors (Lipinski definition) is 1. The molecule has 3 rings (SSSR count). The summed E-state index contributed by atoms with van der Waals surface area (Å²) < 4.78 is 0. The molecule has 0 aliphatic heterocycles. The summed E-state index contributed by atoms with van der Waals surface area (Å²) in [4.78, 5) is 0. The van der Waals surface area contributed by atoms with Gasteiger partial charge < -0.3 is 5.11 Å². The summed E-state index contributed by atoms with van der Waals surface area (Å²) in [6.07, 6.45) is 0.815. The lowest BCUT2D eigenvalue weighted by molar-refractivity contribution is 0.138. The van der Waals surface area contributed by atoms with Crippen LogP contribution in [0.15, 0.2) is 42.5 Å². The van der Waals surface area contributed by atoms with E-state index in [9.17, 15) is 5.11 Å². The average Bonchev–Trinajstić information content (AvgIpc) is 2.97. The van der Waals surface area contributed by atoms with E-state index in [4.69, 9.17) is 0 Å². The molecular formula is C16H18O. The number of hydrogen-bond donors (Lipinski definition) is 1. The van der Waals surface area contributed by atoms with E-state index in [1.165, 1.54) is 10.8 Å². The Labute approximate surface area is 102 Å². The van der Waals surface area contributed by atoms with Gasteiger partial charge in [0.2, 0.25) is 0 Å². The summed E-state index contributed by atoms with van der Waals surface area (Å²) in [6, 6.07) is 14.6. The monoisotopic (exact) mass is 226 g/mol. The van der Waals surface area contributed by atoms with E-state index in [1.54, 1.807) is 0 Å². The zero-order valence-corrected chi connectivity index (χ0v) is 10.4. The molecule has 2 aromatic rings. The fourth-order valence-electron chi connectivity index (χ4n) is 2.67. The minimum atomic E-state index is -0.311. The van der Waals surface area contributed by atoms with Crippen LogP contribution in [0.3, 0.4) is 0 Å². The zero-order chi connectivity index (χ0) is 12.0. The Kier molecular flexibility index (Phi) is 2.27. The maximum Gasteiger partial charge on any atom is 0.0823 e. The van der Waals surface area contributed by atoms with Gasteiger partial charge in [-0.05, 0) is 40.2 Å². The van der Waals surface area contributed by atoms with Crippen molar-refractivity contribution in [1.29, 1.82) is 0 Å². The third kappa shape index (κ3) is 1.85. The van der Waals surface area contributed by atoms with Gasteiger partial charge in [-0.1, -0.05) is 50.2 Å². The number of benzene rings is 2. The van der Waals surface area contributed by atoms with Crippen LogP contribution in [0.4, 0.5) is 0 Å². The zero-order valence-electron chi connectivity index (χ0n) is 10.4. The number of aliphatic hydroxyl groups is 1. The van der Waals surface area contributed by atoms with Crippen LogP contribution in [0.2, 0.25) is 0 Å². The highest BCUT2D eigenvalue weighted by molar-refractivity contribution is 5.83. The van der Waals surface area contributed by atoms with Crippen LogP contribution in [0.25, 0.3) is 10.8 Å². The molecule has 0 heterocycles. The van der Waals surface area contributed by atoms with Crippen LogP contribution in [0, 0.1) is 11.3 Å². The third-order valence-corrected chi connectivity index (χ3v) is 4.09. The third-order valence-electron chi connectivity index (χ3n) is 4.09. The van der Waals surface area contributed by atoms with Crippen LogP contribution < -0.4 is 0 Å². The molecule has 2 atom stereocenters. The van der Waals surface area contributed by atoms with E-state index in [1.807, 2.05) is 12.1 Å². The SMILES string of the molecule is CC1(C)CC1C(O)c1ccc2ccccc2c1. The second-order valence-electron chi connectivity index (χ2n) is 5.85. The highest BCUT2D eigenvalue weighted by atomic mass is 16.3. The van der Waals surface area contributed by atoms with Crippen molar-refractivity contribution in [3.8, 4) is 0 Å². The molecule has 1 heteroatoms. The van der Waals surface area contributed by atoms with Gasteiger partial charge in [0.1, 0.15) is 0 Å². The summed E-state index contributed by atoms with van der Waals surface area (Å²) in [5, 5.41) is 12.8. The summed E-state index contributed by atoms with van der Waals surface area (Å²) in [7, 11) is 0. The standard InChI is InChI=1S/C16H18O/c1-16(2)10-14(16)15(17)13-8-7-11-5-3-4-6-12(11)9-13/h3-9,14-15,17H,10H2,1-2H3. The molecule has 0 saturated heterocycles. The van der Waals surface area contributed by atoms with Crippen LogP contribution in [-0.2, 0) is 0 Å². The Morgan fingerprint density at radius 3 is 2.41 bits per heavy atom. The Morgan fingerprint density at radius 1 is 1.12 bits per heavy atom. The van der Waals surface area contributed by atoms with Crippen molar-refractivity contribution in [2.24, 2.45) is 11.3 Å². The van der Waals surface area contributed by atoms with E-state index in [2.05, 4.69) is 44.2 Å². The molecule has 2 unspecified atom stereocenters. The van der Waals surface area contributed by atoms with Crippen LogP contribution >= 0.6 is 0 Å². The number of aliphatic hydroxyl groups excluding tert-OH is 1. The molecule has 1 aliphatic carbocycles. The highest BCUT2D eigenvalue weighted by Gasteiger charge is 2.50. The lowest BCUT2D eigenvalue weighted by atomic mass is 9.97. The van der Waals surface area contributed by atoms with Gasteiger partial charge in [0, 0.05) is 0 Å². The molecular weight excluding hydrogens is 208 g/mol. The molecule has 0 bridgehead atoms. The molecule has 1 nitrogen and oxygen atoms in total. The summed E-state index contributed by atoms with van der Waals surface area (Å²) in [5.74, 6) is 0.420. The molecule has 1 saturated carbocycles. The van der Waals surface area contributed by atoms with Crippen LogP contribution in [0.5, 0.6) is 0 Å². The molecule has 1 aliphatic rings. The van der Waals surface area contributed by atoms with Crippen LogP contribution in [0.1, 0.15) is 31.9 Å². The lowest BCUT2D eigenvalue weighted by Gasteiger charge is -2.13. The minimum absolute atomic E-state index is 0.311. The van der Waals surface area contributed by atoms with Gasteiger partial charge in [-0.15, -0.1) is 0 Å². The fraction of sp³-hybridized carbons (Fsp3) is 0.375. The van der Waals surface area contributed by atoms with Crippen molar-refractivity contribution >= 4 is 10.8 Å². The van der Waals surface area contributed by atoms with Crippen molar-refractivity contribution in [2.75, 3.05) is 0 Å². The Morgan fingerprint density at radius 2 is 1.76 bits per heavy atom. The Hall–Kier alpha value is -1.34. The van der Waals surface area contributed by atoms with Crippen molar-refractivity contribution in [2.45, 2.75) is 26.4 Å². The normalized spacial score (nSPS) is 23.6. The summed E-state index contributed by atoms with van der Waals surface area (Å²) in [5.41, 5.74) is 1.37. The summed E-state index contributed by atoms with van der Waals surface area (Å²) in [6.45, 7) is 4.45. The van der Waals surface area contributed by atoms with Crippen molar-refractivity contribution in [3.05, 3.63) is 48.0 Å². The van der Waals surface area contributed by atoms with Gasteiger partial charge in [-0.3, -0.25) is 0 Å². The molecule has 0 spiro atoms. The van der Waals surface area contributed by atoms with Crippen molar-refractivity contribution < 1.29 is 5.11 Å². The van der Waals surface area contributed by atoms with Gasteiger partial charge in [0.15, 0.2) is 0 Å². The largest absolute Gasteiger partial charge is 0.388 e. The maximum atomic E-state index is 10.4. The topological polar surface area (TPSA) is 20.2 Å². The Bertz CT molecular complexity index is 556. The first-order chi connectivity index (χ1) is 8.08. The first-order valence-corrected chi connectivity index (χ1v) is 6.25. The maximum absolute atomic E-state index is 10.4. The summed E-state index contributed by atoms with van der Waals surface area (Å²) >= 11 is 0. The van der Waals surface area contributed by atoms with Gasteiger partial charge in [0.25, 0.3) is 0 Å². The molecule has 2 aromatic carbocycles. The van der Waals surface area contributed by atoms with Crippen molar-refractivity contribution in [1.82, 2.24) is 0 Å². The average molecular weight is 226 g/mol. The quantitative estimate of drug-likeness (QED) is 0.823. The van der Waals surface area contributed by atoms with Gasteiger partial charge in [0.05, 0.1) is 6.10 Å². The van der Waals surface area contributed by atoms with Crippen LogP contribution in [-0.4, -0.2) is 5.11 Å². The van der Waals surface area contributed by atoms with E-state index < -0.39 is 0 Å². The molecule has 1 fully saturated rings. The first-order valence-electron chi connectivity index (χ1n) is 6.25. The molecule has 1 N–H and O–H groups in total. The smallest absolute Gasteiger partial charge is 0.0823 e. The second kappa shape index (κ2) is 3.58. The highest BCUT2D eigenvalue weighted by Crippen LogP contribution is 2.57. The predicted molar refractivity (Wildman–Crippen MR) is 70.8 cm³/mol. The Balaban J connectivity index is 1.96. The van der Waals surface area contributed by atoms with Crippen molar-refractivity contribution in [3.63, 3.8) is 0 Å². The first kappa shape index (κ1) is 10.8. The van der Waals surface area contributed by atoms with E-state index in [-0.39, 0.29) is 6.10 Å². The fourth-order valence-corrected chi connectivity index (χ4v) is 2.67. The van der Waals surface area contributed by atoms with Gasteiger partial charge in [-0.25, -0.2) is 0 Å². The predicted octanol–water partition coefficient (Wildman–Crippen LogP) is 3.92. The molecule has 88 valence electrons. The number of rotatable bonds is 2. The van der Waals surface area contributed by atoms with E-state index in [0.717, 1.165) is 12.0 Å². The molecule has 0 radical (unpaired) electrons. The van der Waals surface area contributed by atoms with Gasteiger partial charge >= 0.3 is 0 Å². The lowest BCUT2D eigenvalue weighted by Crippen LogP contribution is -2.04. The molecule has 0 amide bonds. The van der Waals surface area contributed by atoms with E-state index in [0.29, 0.717) is 11.3 Å². The molecule has 0 aromatic heterocycles. The molecule has 17 heavy (non-hydrogen) atoms. The number of fused-ring (bicyclic) bond motifs is 1. The second-order valence-corrected chi connectivity index (χ2v) is 5.85.